The van der Waals surface area contributed by atoms with Gasteiger partial charge in [-0.15, -0.1) is 0 Å². The number of rotatable bonds is 9. The SMILES string of the molecule is CCC(CNC(=O)c1ccc(OCc2ccccc2)c(OC)c1)N1CCCC1. The monoisotopic (exact) mass is 382 g/mol. The standard InChI is InChI=1S/C23H30N2O3/c1-3-20(25-13-7-8-14-25)16-24-23(26)19-11-12-21(22(15-19)27-2)28-17-18-9-5-4-6-10-18/h4-6,9-12,15,20H,3,7-8,13-14,16-17H2,1-2H3,(H,24,26). The van der Waals surface area contributed by atoms with Gasteiger partial charge in [0, 0.05) is 18.2 Å². The summed E-state index contributed by atoms with van der Waals surface area (Å²) in [5.74, 6) is 1.12. The molecule has 5 heteroatoms. The van der Waals surface area contributed by atoms with Gasteiger partial charge in [0.15, 0.2) is 11.5 Å². The van der Waals surface area contributed by atoms with Gasteiger partial charge in [0.05, 0.1) is 7.11 Å². The molecule has 1 saturated heterocycles. The Morgan fingerprint density at radius 3 is 2.54 bits per heavy atom. The van der Waals surface area contributed by atoms with Gasteiger partial charge in [-0.2, -0.15) is 0 Å². The second-order valence-electron chi connectivity index (χ2n) is 7.16. The van der Waals surface area contributed by atoms with Crippen molar-refractivity contribution in [3.05, 3.63) is 59.7 Å². The highest BCUT2D eigenvalue weighted by Crippen LogP contribution is 2.29. The number of amides is 1. The summed E-state index contributed by atoms with van der Waals surface area (Å²) in [4.78, 5) is 15.1. The summed E-state index contributed by atoms with van der Waals surface area (Å²) < 4.78 is 11.3. The summed E-state index contributed by atoms with van der Waals surface area (Å²) in [5, 5.41) is 3.08. The summed E-state index contributed by atoms with van der Waals surface area (Å²) in [6.07, 6.45) is 3.55. The van der Waals surface area contributed by atoms with E-state index in [-0.39, 0.29) is 5.91 Å². The fraction of sp³-hybridized carbons (Fsp3) is 0.435. The zero-order valence-electron chi connectivity index (χ0n) is 16.8. The number of methoxy groups -OCH3 is 1. The van der Waals surface area contributed by atoms with Crippen molar-refractivity contribution in [3.8, 4) is 11.5 Å². The first-order valence-electron chi connectivity index (χ1n) is 10.1. The molecule has 1 heterocycles. The maximum atomic E-state index is 12.6. The third-order valence-electron chi connectivity index (χ3n) is 5.29. The predicted molar refractivity (Wildman–Crippen MR) is 111 cm³/mol. The Hall–Kier alpha value is -2.53. The lowest BCUT2D eigenvalue weighted by molar-refractivity contribution is 0.0936. The van der Waals surface area contributed by atoms with E-state index in [1.807, 2.05) is 30.3 Å². The predicted octanol–water partition coefficient (Wildman–Crippen LogP) is 3.88. The van der Waals surface area contributed by atoms with Crippen LogP contribution in [-0.2, 0) is 6.61 Å². The minimum absolute atomic E-state index is 0.0782. The second kappa shape index (κ2) is 10.1. The molecular weight excluding hydrogens is 352 g/mol. The molecule has 0 bridgehead atoms. The number of hydrogen-bond acceptors (Lipinski definition) is 4. The van der Waals surface area contributed by atoms with Gasteiger partial charge in [-0.3, -0.25) is 9.69 Å². The fourth-order valence-corrected chi connectivity index (χ4v) is 3.61. The van der Waals surface area contributed by atoms with E-state index in [0.717, 1.165) is 25.1 Å². The quantitative estimate of drug-likeness (QED) is 0.715. The first-order valence-corrected chi connectivity index (χ1v) is 10.1. The molecule has 3 rings (SSSR count). The van der Waals surface area contributed by atoms with Crippen LogP contribution in [0.5, 0.6) is 11.5 Å². The van der Waals surface area contributed by atoms with Crippen LogP contribution in [0.15, 0.2) is 48.5 Å². The maximum Gasteiger partial charge on any atom is 0.251 e. The first kappa shape index (κ1) is 20.2. The molecule has 1 N–H and O–H groups in total. The molecule has 2 aromatic rings. The molecule has 1 fully saturated rings. The minimum atomic E-state index is -0.0782. The number of likely N-dealkylation sites (tertiary alicyclic amines) is 1. The molecule has 0 aromatic heterocycles. The van der Waals surface area contributed by atoms with Crippen molar-refractivity contribution in [2.45, 2.75) is 38.8 Å². The van der Waals surface area contributed by atoms with E-state index >= 15 is 0 Å². The zero-order chi connectivity index (χ0) is 19.8. The van der Waals surface area contributed by atoms with Crippen molar-refractivity contribution < 1.29 is 14.3 Å². The van der Waals surface area contributed by atoms with E-state index < -0.39 is 0 Å². The van der Waals surface area contributed by atoms with Crippen LogP contribution in [0, 0.1) is 0 Å². The smallest absolute Gasteiger partial charge is 0.251 e. The van der Waals surface area contributed by atoms with Crippen molar-refractivity contribution in [2.75, 3.05) is 26.7 Å². The van der Waals surface area contributed by atoms with Gasteiger partial charge in [-0.1, -0.05) is 37.3 Å². The van der Waals surface area contributed by atoms with Crippen LogP contribution in [0.2, 0.25) is 0 Å². The average molecular weight is 383 g/mol. The number of carbonyl (C=O) groups excluding carboxylic acids is 1. The van der Waals surface area contributed by atoms with Gasteiger partial charge in [-0.05, 0) is 56.1 Å². The van der Waals surface area contributed by atoms with Crippen LogP contribution in [0.4, 0.5) is 0 Å². The first-order chi connectivity index (χ1) is 13.7. The highest BCUT2D eigenvalue weighted by molar-refractivity contribution is 5.94. The summed E-state index contributed by atoms with van der Waals surface area (Å²) in [6.45, 7) is 5.57. The second-order valence-corrected chi connectivity index (χ2v) is 7.16. The number of benzene rings is 2. The van der Waals surface area contributed by atoms with Gasteiger partial charge in [0.25, 0.3) is 5.91 Å². The zero-order valence-corrected chi connectivity index (χ0v) is 16.8. The van der Waals surface area contributed by atoms with Crippen LogP contribution >= 0.6 is 0 Å². The molecule has 0 saturated carbocycles. The molecule has 1 amide bonds. The molecule has 1 unspecified atom stereocenters. The molecule has 1 atom stereocenters. The van der Waals surface area contributed by atoms with Crippen LogP contribution < -0.4 is 14.8 Å². The van der Waals surface area contributed by atoms with Crippen molar-refractivity contribution in [3.63, 3.8) is 0 Å². The van der Waals surface area contributed by atoms with Crippen LogP contribution in [-0.4, -0.2) is 43.6 Å². The Morgan fingerprint density at radius 2 is 1.86 bits per heavy atom. The summed E-state index contributed by atoms with van der Waals surface area (Å²) in [5.41, 5.74) is 1.67. The molecule has 28 heavy (non-hydrogen) atoms. The molecule has 0 aliphatic carbocycles. The van der Waals surface area contributed by atoms with E-state index in [1.165, 1.54) is 12.8 Å². The van der Waals surface area contributed by atoms with Gasteiger partial charge in [-0.25, -0.2) is 0 Å². The minimum Gasteiger partial charge on any atom is -0.493 e. The van der Waals surface area contributed by atoms with Crippen molar-refractivity contribution in [1.29, 1.82) is 0 Å². The highest BCUT2D eigenvalue weighted by atomic mass is 16.5. The van der Waals surface area contributed by atoms with Crippen molar-refractivity contribution in [1.82, 2.24) is 10.2 Å². The lowest BCUT2D eigenvalue weighted by Gasteiger charge is -2.26. The van der Waals surface area contributed by atoms with Crippen molar-refractivity contribution in [2.24, 2.45) is 0 Å². The van der Waals surface area contributed by atoms with E-state index in [1.54, 1.807) is 25.3 Å². The Morgan fingerprint density at radius 1 is 1.11 bits per heavy atom. The van der Waals surface area contributed by atoms with Crippen LogP contribution in [0.25, 0.3) is 0 Å². The summed E-state index contributed by atoms with van der Waals surface area (Å²) in [6, 6.07) is 15.7. The third-order valence-corrected chi connectivity index (χ3v) is 5.29. The van der Waals surface area contributed by atoms with Gasteiger partial charge in [0.2, 0.25) is 0 Å². The number of ether oxygens (including phenoxy) is 2. The largest absolute Gasteiger partial charge is 0.493 e. The van der Waals surface area contributed by atoms with Gasteiger partial charge < -0.3 is 14.8 Å². The topological polar surface area (TPSA) is 50.8 Å². The lowest BCUT2D eigenvalue weighted by Crippen LogP contribution is -2.42. The summed E-state index contributed by atoms with van der Waals surface area (Å²) in [7, 11) is 1.59. The number of carbonyl (C=O) groups is 1. The molecule has 0 radical (unpaired) electrons. The molecule has 0 spiro atoms. The molecular formula is C23H30N2O3. The Balaban J connectivity index is 1.59. The number of nitrogens with one attached hydrogen (secondary N) is 1. The third kappa shape index (κ3) is 5.26. The van der Waals surface area contributed by atoms with Gasteiger partial charge >= 0.3 is 0 Å². The fourth-order valence-electron chi connectivity index (χ4n) is 3.61. The van der Waals surface area contributed by atoms with E-state index in [0.29, 0.717) is 36.3 Å². The van der Waals surface area contributed by atoms with Crippen LogP contribution in [0.1, 0.15) is 42.1 Å². The maximum absolute atomic E-state index is 12.6. The molecule has 2 aromatic carbocycles. The van der Waals surface area contributed by atoms with E-state index in [2.05, 4.69) is 17.1 Å². The molecule has 150 valence electrons. The molecule has 5 nitrogen and oxygen atoms in total. The number of nitrogens with zero attached hydrogens (tertiary/aromatic N) is 1. The normalized spacial score (nSPS) is 15.2. The lowest BCUT2D eigenvalue weighted by atomic mass is 10.1. The Bertz CT molecular complexity index is 758. The molecule has 1 aliphatic rings. The summed E-state index contributed by atoms with van der Waals surface area (Å²) >= 11 is 0. The van der Waals surface area contributed by atoms with Crippen molar-refractivity contribution >= 4 is 5.91 Å². The highest BCUT2D eigenvalue weighted by Gasteiger charge is 2.21. The average Bonchev–Trinajstić information content (AvgIpc) is 3.28. The van der Waals surface area contributed by atoms with Gasteiger partial charge in [0.1, 0.15) is 6.61 Å². The Labute approximate surface area is 167 Å². The van der Waals surface area contributed by atoms with E-state index in [4.69, 9.17) is 9.47 Å². The Kier molecular flexibility index (Phi) is 7.31. The number of hydrogen-bond donors (Lipinski definition) is 1. The van der Waals surface area contributed by atoms with E-state index in [9.17, 15) is 4.79 Å². The molecule has 1 aliphatic heterocycles. The van der Waals surface area contributed by atoms with Crippen LogP contribution in [0.3, 0.4) is 0 Å².